The Morgan fingerprint density at radius 2 is 2.22 bits per heavy atom. The van der Waals surface area contributed by atoms with Crippen LogP contribution in [0.5, 0.6) is 0 Å². The van der Waals surface area contributed by atoms with Crippen molar-refractivity contribution in [3.8, 4) is 0 Å². The van der Waals surface area contributed by atoms with Gasteiger partial charge in [-0.05, 0) is 37.6 Å². The second kappa shape index (κ2) is 7.00. The van der Waals surface area contributed by atoms with Crippen molar-refractivity contribution < 1.29 is 0 Å². The zero-order valence-corrected chi connectivity index (χ0v) is 12.2. The molecule has 1 atom stereocenters. The first-order valence-electron chi connectivity index (χ1n) is 6.83. The Bertz CT molecular complexity index is 364. The van der Waals surface area contributed by atoms with Crippen LogP contribution in [-0.2, 0) is 0 Å². The van der Waals surface area contributed by atoms with Crippen LogP contribution in [0.4, 0.5) is 5.82 Å². The van der Waals surface area contributed by atoms with Crippen LogP contribution in [0.15, 0.2) is 18.3 Å². The number of aromatic nitrogens is 1. The summed E-state index contributed by atoms with van der Waals surface area (Å²) in [6.07, 6.45) is 3.11. The molecule has 0 aliphatic carbocycles. The van der Waals surface area contributed by atoms with Crippen LogP contribution in [0.25, 0.3) is 0 Å². The molecule has 1 N–H and O–H groups in total. The van der Waals surface area contributed by atoms with Gasteiger partial charge in [-0.15, -0.1) is 0 Å². The van der Waals surface area contributed by atoms with E-state index in [4.69, 9.17) is 0 Å². The molecule has 100 valence electrons. The molecule has 0 radical (unpaired) electrons. The summed E-state index contributed by atoms with van der Waals surface area (Å²) in [5, 5.41) is 3.53. The summed E-state index contributed by atoms with van der Waals surface area (Å²) >= 11 is 2.03. The first kappa shape index (κ1) is 13.7. The lowest BCUT2D eigenvalue weighted by Crippen LogP contribution is -2.33. The smallest absolute Gasteiger partial charge is 0.128 e. The lowest BCUT2D eigenvalue weighted by atomic mass is 10.1. The predicted molar refractivity (Wildman–Crippen MR) is 80.5 cm³/mol. The Morgan fingerprint density at radius 3 is 2.94 bits per heavy atom. The number of hydrogen-bond donors (Lipinski definition) is 1. The normalized spacial score (nSPS) is 17.8. The van der Waals surface area contributed by atoms with Gasteiger partial charge >= 0.3 is 0 Å². The molecular formula is C14H23N3S. The van der Waals surface area contributed by atoms with Crippen molar-refractivity contribution in [1.29, 1.82) is 0 Å². The highest BCUT2D eigenvalue weighted by Crippen LogP contribution is 2.21. The molecule has 0 bridgehead atoms. The molecule has 1 saturated heterocycles. The molecule has 1 unspecified atom stereocenters. The Balaban J connectivity index is 2.04. The molecule has 1 aliphatic rings. The van der Waals surface area contributed by atoms with Gasteiger partial charge in [-0.3, -0.25) is 0 Å². The van der Waals surface area contributed by atoms with E-state index in [2.05, 4.69) is 41.2 Å². The highest BCUT2D eigenvalue weighted by molar-refractivity contribution is 7.99. The molecule has 0 aromatic carbocycles. The zero-order chi connectivity index (χ0) is 12.8. The minimum absolute atomic E-state index is 0.408. The van der Waals surface area contributed by atoms with E-state index in [1.807, 2.05) is 18.0 Å². The van der Waals surface area contributed by atoms with Crippen molar-refractivity contribution in [2.24, 2.45) is 0 Å². The summed E-state index contributed by atoms with van der Waals surface area (Å²) in [5.41, 5.74) is 1.34. The molecule has 4 heteroatoms. The van der Waals surface area contributed by atoms with Gasteiger partial charge in [0.1, 0.15) is 5.82 Å². The summed E-state index contributed by atoms with van der Waals surface area (Å²) in [6, 6.07) is 4.77. The maximum Gasteiger partial charge on any atom is 0.128 e. The molecule has 1 fully saturated rings. The Kier molecular flexibility index (Phi) is 5.32. The van der Waals surface area contributed by atoms with E-state index in [0.717, 1.165) is 25.5 Å². The number of rotatable bonds is 5. The summed E-state index contributed by atoms with van der Waals surface area (Å²) in [5.74, 6) is 3.57. The Labute approximate surface area is 114 Å². The van der Waals surface area contributed by atoms with Gasteiger partial charge in [0.15, 0.2) is 0 Å². The SMILES string of the molecule is CCCNC(C)c1ccnc(N2CCSCC2)c1. The summed E-state index contributed by atoms with van der Waals surface area (Å²) < 4.78 is 0. The van der Waals surface area contributed by atoms with E-state index < -0.39 is 0 Å². The molecule has 3 nitrogen and oxygen atoms in total. The van der Waals surface area contributed by atoms with Gasteiger partial charge in [-0.1, -0.05) is 6.92 Å². The average molecular weight is 265 g/mol. The molecule has 0 saturated carbocycles. The van der Waals surface area contributed by atoms with Crippen molar-refractivity contribution >= 4 is 17.6 Å². The third kappa shape index (κ3) is 3.62. The summed E-state index contributed by atoms with van der Waals surface area (Å²) in [4.78, 5) is 6.91. The number of anilines is 1. The van der Waals surface area contributed by atoms with E-state index in [0.29, 0.717) is 6.04 Å². The lowest BCUT2D eigenvalue weighted by molar-refractivity contribution is 0.570. The first-order valence-corrected chi connectivity index (χ1v) is 7.98. The van der Waals surface area contributed by atoms with Crippen LogP contribution in [0, 0.1) is 0 Å². The largest absolute Gasteiger partial charge is 0.355 e. The molecule has 2 heterocycles. The van der Waals surface area contributed by atoms with E-state index in [-0.39, 0.29) is 0 Å². The molecule has 0 spiro atoms. The number of nitrogens with one attached hydrogen (secondary N) is 1. The van der Waals surface area contributed by atoms with Gasteiger partial charge in [0, 0.05) is 36.8 Å². The summed E-state index contributed by atoms with van der Waals surface area (Å²) in [7, 11) is 0. The van der Waals surface area contributed by atoms with Crippen LogP contribution in [0.1, 0.15) is 31.9 Å². The number of nitrogens with zero attached hydrogens (tertiary/aromatic N) is 2. The van der Waals surface area contributed by atoms with Crippen molar-refractivity contribution in [2.45, 2.75) is 26.3 Å². The monoisotopic (exact) mass is 265 g/mol. The standard InChI is InChI=1S/C14H23N3S/c1-3-5-15-12(2)13-4-6-16-14(11-13)17-7-9-18-10-8-17/h4,6,11-12,15H,3,5,7-10H2,1-2H3. The highest BCUT2D eigenvalue weighted by Gasteiger charge is 2.13. The van der Waals surface area contributed by atoms with E-state index in [1.54, 1.807) is 0 Å². The van der Waals surface area contributed by atoms with Gasteiger partial charge in [0.25, 0.3) is 0 Å². The minimum Gasteiger partial charge on any atom is -0.355 e. The third-order valence-corrected chi connectivity index (χ3v) is 4.25. The second-order valence-electron chi connectivity index (χ2n) is 4.72. The van der Waals surface area contributed by atoms with Gasteiger partial charge < -0.3 is 10.2 Å². The molecule has 1 aromatic rings. The second-order valence-corrected chi connectivity index (χ2v) is 5.95. The highest BCUT2D eigenvalue weighted by atomic mass is 32.2. The van der Waals surface area contributed by atoms with Crippen molar-refractivity contribution in [1.82, 2.24) is 10.3 Å². The van der Waals surface area contributed by atoms with E-state index in [9.17, 15) is 0 Å². The molecule has 2 rings (SSSR count). The van der Waals surface area contributed by atoms with Crippen molar-refractivity contribution in [3.05, 3.63) is 23.9 Å². The Morgan fingerprint density at radius 1 is 1.44 bits per heavy atom. The number of hydrogen-bond acceptors (Lipinski definition) is 4. The van der Waals surface area contributed by atoms with Crippen LogP contribution in [0.2, 0.25) is 0 Å². The molecule has 0 amide bonds. The van der Waals surface area contributed by atoms with Crippen LogP contribution < -0.4 is 10.2 Å². The fraction of sp³-hybridized carbons (Fsp3) is 0.643. The van der Waals surface area contributed by atoms with Crippen LogP contribution >= 0.6 is 11.8 Å². The number of thioether (sulfide) groups is 1. The molecular weight excluding hydrogens is 242 g/mol. The van der Waals surface area contributed by atoms with Crippen molar-refractivity contribution in [2.75, 3.05) is 36.0 Å². The topological polar surface area (TPSA) is 28.2 Å². The molecule has 1 aliphatic heterocycles. The minimum atomic E-state index is 0.408. The first-order chi connectivity index (χ1) is 8.81. The van der Waals surface area contributed by atoms with Gasteiger partial charge in [-0.25, -0.2) is 4.98 Å². The molecule has 1 aromatic heterocycles. The maximum absolute atomic E-state index is 4.51. The Hall–Kier alpha value is -0.740. The van der Waals surface area contributed by atoms with Crippen LogP contribution in [0.3, 0.4) is 0 Å². The summed E-state index contributed by atoms with van der Waals surface area (Å²) in [6.45, 7) is 7.74. The zero-order valence-electron chi connectivity index (χ0n) is 11.4. The quantitative estimate of drug-likeness (QED) is 0.886. The third-order valence-electron chi connectivity index (χ3n) is 3.31. The van der Waals surface area contributed by atoms with Crippen molar-refractivity contribution in [3.63, 3.8) is 0 Å². The predicted octanol–water partition coefficient (Wildman–Crippen LogP) is 2.70. The number of pyridine rings is 1. The fourth-order valence-corrected chi connectivity index (χ4v) is 3.05. The van der Waals surface area contributed by atoms with Gasteiger partial charge in [-0.2, -0.15) is 11.8 Å². The van der Waals surface area contributed by atoms with Gasteiger partial charge in [0.05, 0.1) is 0 Å². The lowest BCUT2D eigenvalue weighted by Gasteiger charge is -2.28. The average Bonchev–Trinajstić information content (AvgIpc) is 2.46. The fourth-order valence-electron chi connectivity index (χ4n) is 2.15. The van der Waals surface area contributed by atoms with Crippen LogP contribution in [-0.4, -0.2) is 36.1 Å². The van der Waals surface area contributed by atoms with Gasteiger partial charge in [0.2, 0.25) is 0 Å². The maximum atomic E-state index is 4.51. The van der Waals surface area contributed by atoms with E-state index >= 15 is 0 Å². The molecule has 18 heavy (non-hydrogen) atoms. The van der Waals surface area contributed by atoms with E-state index in [1.165, 1.54) is 23.5 Å².